The molecular formula is C7H14ClNO3S. The number of rotatable bonds is 3. The standard InChI is InChI=1S/C7H14ClNO3S/c1-13(10,11)7-3-2-6(4-9-8)12-5-7/h6-7,9H,2-5H2,1H3/t6-,7-/m0/s1. The van der Waals surface area contributed by atoms with Crippen LogP contribution in [0.1, 0.15) is 12.8 Å². The van der Waals surface area contributed by atoms with Crippen molar-refractivity contribution in [2.75, 3.05) is 19.4 Å². The monoisotopic (exact) mass is 227 g/mol. The molecule has 1 rings (SSSR count). The lowest BCUT2D eigenvalue weighted by Crippen LogP contribution is -2.37. The topological polar surface area (TPSA) is 55.4 Å². The minimum Gasteiger partial charge on any atom is -0.376 e. The Hall–Kier alpha value is 0.160. The fourth-order valence-corrected chi connectivity index (χ4v) is 2.43. The first kappa shape index (κ1) is 11.2. The van der Waals surface area contributed by atoms with Gasteiger partial charge in [0, 0.05) is 12.8 Å². The Labute approximate surface area is 83.6 Å². The minimum atomic E-state index is -2.94. The third-order valence-corrected chi connectivity index (χ3v) is 3.98. The molecule has 2 atom stereocenters. The summed E-state index contributed by atoms with van der Waals surface area (Å²) in [6.07, 6.45) is 2.72. The predicted octanol–water partition coefficient (Wildman–Crippen LogP) is 0.322. The molecule has 78 valence electrons. The summed E-state index contributed by atoms with van der Waals surface area (Å²) >= 11 is 5.31. The molecule has 0 saturated carbocycles. The number of sulfone groups is 1. The molecule has 0 spiro atoms. The van der Waals surface area contributed by atoms with Gasteiger partial charge in [-0.1, -0.05) is 0 Å². The van der Waals surface area contributed by atoms with Gasteiger partial charge in [-0.25, -0.2) is 13.3 Å². The average molecular weight is 228 g/mol. The first-order valence-corrected chi connectivity index (χ1v) is 6.51. The van der Waals surface area contributed by atoms with Crippen molar-refractivity contribution in [2.24, 2.45) is 0 Å². The van der Waals surface area contributed by atoms with Crippen molar-refractivity contribution in [1.82, 2.24) is 4.84 Å². The Morgan fingerprint density at radius 2 is 2.23 bits per heavy atom. The smallest absolute Gasteiger partial charge is 0.152 e. The second-order valence-electron chi connectivity index (χ2n) is 3.32. The van der Waals surface area contributed by atoms with Gasteiger partial charge in [-0.15, -0.1) is 0 Å². The van der Waals surface area contributed by atoms with E-state index in [1.54, 1.807) is 0 Å². The van der Waals surface area contributed by atoms with E-state index in [2.05, 4.69) is 4.84 Å². The molecule has 0 aliphatic carbocycles. The predicted molar refractivity (Wildman–Crippen MR) is 51.5 cm³/mol. The average Bonchev–Trinajstić information content (AvgIpc) is 2.04. The lowest BCUT2D eigenvalue weighted by molar-refractivity contribution is 0.0224. The lowest BCUT2D eigenvalue weighted by atomic mass is 10.1. The molecule has 1 N–H and O–H groups in total. The molecule has 1 aliphatic heterocycles. The highest BCUT2D eigenvalue weighted by atomic mass is 35.5. The van der Waals surface area contributed by atoms with Crippen molar-refractivity contribution in [1.29, 1.82) is 0 Å². The molecular weight excluding hydrogens is 214 g/mol. The van der Waals surface area contributed by atoms with Crippen LogP contribution in [0.15, 0.2) is 0 Å². The van der Waals surface area contributed by atoms with E-state index in [1.807, 2.05) is 0 Å². The van der Waals surface area contributed by atoms with Crippen LogP contribution < -0.4 is 4.84 Å². The highest BCUT2D eigenvalue weighted by molar-refractivity contribution is 7.91. The number of ether oxygens (including phenoxy) is 1. The number of hydrogen-bond acceptors (Lipinski definition) is 4. The molecule has 4 nitrogen and oxygen atoms in total. The maximum Gasteiger partial charge on any atom is 0.152 e. The zero-order chi connectivity index (χ0) is 9.90. The van der Waals surface area contributed by atoms with E-state index in [0.717, 1.165) is 6.42 Å². The summed E-state index contributed by atoms with van der Waals surface area (Å²) in [6.45, 7) is 0.861. The molecule has 1 saturated heterocycles. The Kier molecular flexibility index (Phi) is 3.97. The Bertz CT molecular complexity index is 246. The molecule has 0 amide bonds. The third kappa shape index (κ3) is 3.42. The quantitative estimate of drug-likeness (QED) is 0.706. The summed E-state index contributed by atoms with van der Waals surface area (Å²) in [4.78, 5) is 2.49. The second-order valence-corrected chi connectivity index (χ2v) is 5.91. The fourth-order valence-electron chi connectivity index (χ4n) is 1.37. The molecule has 0 aromatic carbocycles. The molecule has 1 aliphatic rings. The lowest BCUT2D eigenvalue weighted by Gasteiger charge is -2.27. The summed E-state index contributed by atoms with van der Waals surface area (Å²) in [6, 6.07) is 0. The summed E-state index contributed by atoms with van der Waals surface area (Å²) < 4.78 is 27.6. The highest BCUT2D eigenvalue weighted by Gasteiger charge is 2.27. The molecule has 0 unspecified atom stereocenters. The van der Waals surface area contributed by atoms with Gasteiger partial charge in [-0.05, 0) is 24.6 Å². The molecule has 0 aromatic rings. The summed E-state index contributed by atoms with van der Waals surface area (Å²) in [5, 5.41) is -0.334. The van der Waals surface area contributed by atoms with Crippen molar-refractivity contribution in [3.05, 3.63) is 0 Å². The van der Waals surface area contributed by atoms with Gasteiger partial charge < -0.3 is 4.74 Å². The zero-order valence-electron chi connectivity index (χ0n) is 7.49. The zero-order valence-corrected chi connectivity index (χ0v) is 9.07. The van der Waals surface area contributed by atoms with Gasteiger partial charge in [-0.3, -0.25) is 0 Å². The van der Waals surface area contributed by atoms with Gasteiger partial charge >= 0.3 is 0 Å². The van der Waals surface area contributed by atoms with Gasteiger partial charge in [0.1, 0.15) is 0 Å². The Morgan fingerprint density at radius 1 is 1.54 bits per heavy atom. The summed E-state index contributed by atoms with van der Waals surface area (Å²) in [5.41, 5.74) is 0. The Balaban J connectivity index is 2.39. The maximum absolute atomic E-state index is 11.1. The number of nitrogens with one attached hydrogen (secondary N) is 1. The van der Waals surface area contributed by atoms with E-state index >= 15 is 0 Å². The Morgan fingerprint density at radius 3 is 2.62 bits per heavy atom. The van der Waals surface area contributed by atoms with Crippen molar-refractivity contribution < 1.29 is 13.2 Å². The molecule has 1 fully saturated rings. The van der Waals surface area contributed by atoms with Crippen LogP contribution in [0, 0.1) is 0 Å². The van der Waals surface area contributed by atoms with Gasteiger partial charge in [0.15, 0.2) is 9.84 Å². The van der Waals surface area contributed by atoms with Crippen LogP contribution in [-0.2, 0) is 14.6 Å². The maximum atomic E-state index is 11.1. The van der Waals surface area contributed by atoms with Crippen molar-refractivity contribution in [3.8, 4) is 0 Å². The first-order chi connectivity index (χ1) is 6.04. The molecule has 0 radical (unpaired) electrons. The molecule has 6 heteroatoms. The fraction of sp³-hybridized carbons (Fsp3) is 1.00. The summed E-state index contributed by atoms with van der Waals surface area (Å²) in [5.74, 6) is 0. The normalized spacial score (nSPS) is 30.3. The van der Waals surface area contributed by atoms with Crippen LogP contribution in [0.5, 0.6) is 0 Å². The van der Waals surface area contributed by atoms with E-state index < -0.39 is 9.84 Å². The van der Waals surface area contributed by atoms with E-state index in [4.69, 9.17) is 16.5 Å². The molecule has 0 aromatic heterocycles. The summed E-state index contributed by atoms with van der Waals surface area (Å²) in [7, 11) is -2.94. The van der Waals surface area contributed by atoms with Gasteiger partial charge in [0.25, 0.3) is 0 Å². The van der Waals surface area contributed by atoms with Crippen molar-refractivity contribution >= 4 is 21.6 Å². The van der Waals surface area contributed by atoms with Crippen LogP contribution in [0.3, 0.4) is 0 Å². The van der Waals surface area contributed by atoms with Gasteiger partial charge in [0.2, 0.25) is 0 Å². The largest absolute Gasteiger partial charge is 0.376 e. The van der Waals surface area contributed by atoms with E-state index in [9.17, 15) is 8.42 Å². The van der Waals surface area contributed by atoms with E-state index in [0.29, 0.717) is 19.6 Å². The second kappa shape index (κ2) is 4.59. The number of halogens is 1. The van der Waals surface area contributed by atoms with Crippen LogP contribution in [0.2, 0.25) is 0 Å². The van der Waals surface area contributed by atoms with Crippen LogP contribution in [-0.4, -0.2) is 39.2 Å². The number of hydrogen-bond donors (Lipinski definition) is 1. The SMILES string of the molecule is CS(=O)(=O)[C@H]1CC[C@@H](CNCl)OC1. The van der Waals surface area contributed by atoms with Crippen LogP contribution in [0.4, 0.5) is 0 Å². The van der Waals surface area contributed by atoms with E-state index in [1.165, 1.54) is 6.26 Å². The molecule has 1 heterocycles. The van der Waals surface area contributed by atoms with Crippen LogP contribution >= 0.6 is 11.8 Å². The van der Waals surface area contributed by atoms with E-state index in [-0.39, 0.29) is 11.4 Å². The van der Waals surface area contributed by atoms with Gasteiger partial charge in [0.05, 0.1) is 18.0 Å². The molecule has 0 bridgehead atoms. The third-order valence-electron chi connectivity index (χ3n) is 2.24. The molecule has 13 heavy (non-hydrogen) atoms. The van der Waals surface area contributed by atoms with Gasteiger partial charge in [-0.2, -0.15) is 0 Å². The van der Waals surface area contributed by atoms with Crippen LogP contribution in [0.25, 0.3) is 0 Å². The van der Waals surface area contributed by atoms with Crippen molar-refractivity contribution in [3.63, 3.8) is 0 Å². The minimum absolute atomic E-state index is 0.0514. The first-order valence-electron chi connectivity index (χ1n) is 4.18. The van der Waals surface area contributed by atoms with Crippen molar-refractivity contribution in [2.45, 2.75) is 24.2 Å². The highest BCUT2D eigenvalue weighted by Crippen LogP contribution is 2.18.